The van der Waals surface area contributed by atoms with E-state index in [4.69, 9.17) is 0 Å². The van der Waals surface area contributed by atoms with Gasteiger partial charge in [-0.05, 0) is 131 Å². The molecule has 0 saturated heterocycles. The number of hydrogen-bond donors (Lipinski definition) is 0. The number of anilines is 3. The molecule has 1 heterocycles. The van der Waals surface area contributed by atoms with Crippen LogP contribution in [0.5, 0.6) is 0 Å². The standard InChI is InChI=1S/C47H38N2/c1-31-12-10-16-37(26-31)48(38-17-11-13-32(2)27-38)36-23-20-33(21-24-36)34-22-25-45-41(28-34)42-29-40-39-18-8-9-19-43(39)47(3,4)44(40)30-46(42)49(45)35-14-6-5-7-15-35/h5-30H,1-4H3. The highest BCUT2D eigenvalue weighted by Gasteiger charge is 2.36. The summed E-state index contributed by atoms with van der Waals surface area (Å²) in [6.45, 7) is 9.03. The fraction of sp³-hybridized carbons (Fsp3) is 0.106. The Kier molecular flexibility index (Phi) is 6.64. The van der Waals surface area contributed by atoms with Gasteiger partial charge in [0.15, 0.2) is 0 Å². The van der Waals surface area contributed by atoms with Gasteiger partial charge in [-0.2, -0.15) is 0 Å². The molecule has 0 aliphatic heterocycles. The number of hydrogen-bond acceptors (Lipinski definition) is 1. The van der Waals surface area contributed by atoms with Gasteiger partial charge in [0.1, 0.15) is 0 Å². The van der Waals surface area contributed by atoms with Gasteiger partial charge in [-0.3, -0.25) is 0 Å². The predicted molar refractivity (Wildman–Crippen MR) is 208 cm³/mol. The zero-order valence-corrected chi connectivity index (χ0v) is 28.4. The second-order valence-electron chi connectivity index (χ2n) is 14.0. The predicted octanol–water partition coefficient (Wildman–Crippen LogP) is 12.8. The van der Waals surface area contributed by atoms with Crippen molar-refractivity contribution in [2.24, 2.45) is 0 Å². The lowest BCUT2D eigenvalue weighted by molar-refractivity contribution is 0.661. The monoisotopic (exact) mass is 630 g/mol. The number of nitrogens with zero attached hydrogens (tertiary/aromatic N) is 2. The topological polar surface area (TPSA) is 8.17 Å². The summed E-state index contributed by atoms with van der Waals surface area (Å²) < 4.78 is 2.44. The Morgan fingerprint density at radius 2 is 1.08 bits per heavy atom. The first-order valence-electron chi connectivity index (χ1n) is 17.2. The lowest BCUT2D eigenvalue weighted by atomic mass is 9.82. The summed E-state index contributed by atoms with van der Waals surface area (Å²) in [4.78, 5) is 2.35. The Bertz CT molecular complexity index is 2490. The van der Waals surface area contributed by atoms with Crippen molar-refractivity contribution >= 4 is 38.9 Å². The summed E-state index contributed by atoms with van der Waals surface area (Å²) >= 11 is 0. The van der Waals surface area contributed by atoms with E-state index in [1.54, 1.807) is 0 Å². The van der Waals surface area contributed by atoms with Crippen LogP contribution in [0.2, 0.25) is 0 Å². The molecule has 0 saturated carbocycles. The summed E-state index contributed by atoms with van der Waals surface area (Å²) in [7, 11) is 0. The minimum atomic E-state index is -0.0598. The molecule has 2 heteroatoms. The van der Waals surface area contributed by atoms with Crippen LogP contribution in [-0.2, 0) is 5.41 Å². The van der Waals surface area contributed by atoms with Crippen LogP contribution < -0.4 is 4.90 Å². The number of rotatable bonds is 5. The van der Waals surface area contributed by atoms with Crippen LogP contribution in [0.4, 0.5) is 17.1 Å². The molecule has 0 amide bonds. The van der Waals surface area contributed by atoms with E-state index >= 15 is 0 Å². The van der Waals surface area contributed by atoms with E-state index in [1.165, 1.54) is 72.0 Å². The third-order valence-corrected chi connectivity index (χ3v) is 10.5. The number of aromatic nitrogens is 1. The molecule has 0 unspecified atom stereocenters. The van der Waals surface area contributed by atoms with Gasteiger partial charge in [-0.15, -0.1) is 0 Å². The van der Waals surface area contributed by atoms with Crippen LogP contribution in [0.1, 0.15) is 36.1 Å². The van der Waals surface area contributed by atoms with Crippen molar-refractivity contribution < 1.29 is 0 Å². The van der Waals surface area contributed by atoms with Gasteiger partial charge in [-0.1, -0.05) is 98.8 Å². The fourth-order valence-electron chi connectivity index (χ4n) is 8.03. The van der Waals surface area contributed by atoms with Gasteiger partial charge >= 0.3 is 0 Å². The summed E-state index contributed by atoms with van der Waals surface area (Å²) in [6.07, 6.45) is 0. The lowest BCUT2D eigenvalue weighted by Gasteiger charge is -2.26. The molecule has 1 aromatic heterocycles. The van der Waals surface area contributed by atoms with Crippen molar-refractivity contribution in [2.75, 3.05) is 4.90 Å². The third-order valence-electron chi connectivity index (χ3n) is 10.5. The normalized spacial score (nSPS) is 13.1. The molecule has 236 valence electrons. The molecule has 1 aliphatic rings. The average Bonchev–Trinajstić information content (AvgIpc) is 3.56. The van der Waals surface area contributed by atoms with Gasteiger partial charge in [0.2, 0.25) is 0 Å². The maximum atomic E-state index is 2.46. The van der Waals surface area contributed by atoms with Crippen molar-refractivity contribution in [1.82, 2.24) is 4.57 Å². The SMILES string of the molecule is Cc1cccc(N(c2ccc(-c3ccc4c(c3)c3cc5c(cc3n4-c3ccccc3)C(C)(C)c3ccccc3-5)cc2)c2cccc(C)c2)c1. The number of benzene rings is 7. The van der Waals surface area contributed by atoms with E-state index in [-0.39, 0.29) is 5.41 Å². The first-order valence-corrected chi connectivity index (χ1v) is 17.2. The van der Waals surface area contributed by atoms with Crippen molar-refractivity contribution in [3.8, 4) is 27.9 Å². The fourth-order valence-corrected chi connectivity index (χ4v) is 8.03. The largest absolute Gasteiger partial charge is 0.310 e. The molecule has 1 aliphatic carbocycles. The van der Waals surface area contributed by atoms with E-state index in [0.29, 0.717) is 0 Å². The first kappa shape index (κ1) is 29.3. The van der Waals surface area contributed by atoms with Crippen LogP contribution in [0.15, 0.2) is 158 Å². The molecular formula is C47H38N2. The zero-order chi connectivity index (χ0) is 33.3. The molecule has 0 radical (unpaired) electrons. The Morgan fingerprint density at radius 3 is 1.78 bits per heavy atom. The van der Waals surface area contributed by atoms with Crippen LogP contribution in [0.3, 0.4) is 0 Å². The number of aryl methyl sites for hydroxylation is 2. The highest BCUT2D eigenvalue weighted by Crippen LogP contribution is 2.51. The first-order chi connectivity index (χ1) is 23.9. The summed E-state index contributed by atoms with van der Waals surface area (Å²) in [5, 5.41) is 2.56. The van der Waals surface area contributed by atoms with Crippen LogP contribution in [0, 0.1) is 13.8 Å². The zero-order valence-electron chi connectivity index (χ0n) is 28.4. The Morgan fingerprint density at radius 1 is 0.449 bits per heavy atom. The molecule has 2 nitrogen and oxygen atoms in total. The van der Waals surface area contributed by atoms with Gasteiger partial charge in [-0.25, -0.2) is 0 Å². The average molecular weight is 631 g/mol. The van der Waals surface area contributed by atoms with E-state index in [9.17, 15) is 0 Å². The molecule has 0 fully saturated rings. The molecule has 0 bridgehead atoms. The highest BCUT2D eigenvalue weighted by molar-refractivity contribution is 6.12. The van der Waals surface area contributed by atoms with Gasteiger partial charge < -0.3 is 9.47 Å². The molecule has 8 aromatic rings. The van der Waals surface area contributed by atoms with Crippen LogP contribution >= 0.6 is 0 Å². The van der Waals surface area contributed by atoms with Crippen molar-refractivity contribution in [3.05, 3.63) is 180 Å². The Labute approximate surface area is 288 Å². The third kappa shape index (κ3) is 4.70. The van der Waals surface area contributed by atoms with E-state index < -0.39 is 0 Å². The summed E-state index contributed by atoms with van der Waals surface area (Å²) in [5.74, 6) is 0. The Hall–Kier alpha value is -5.86. The summed E-state index contributed by atoms with van der Waals surface area (Å²) in [5.41, 5.74) is 17.4. The number of para-hydroxylation sites is 1. The lowest BCUT2D eigenvalue weighted by Crippen LogP contribution is -2.14. The van der Waals surface area contributed by atoms with Crippen molar-refractivity contribution in [1.29, 1.82) is 0 Å². The number of fused-ring (bicyclic) bond motifs is 6. The van der Waals surface area contributed by atoms with E-state index in [1.807, 2.05) is 0 Å². The molecule has 7 aromatic carbocycles. The smallest absolute Gasteiger partial charge is 0.0544 e. The molecule has 0 spiro atoms. The van der Waals surface area contributed by atoms with Crippen LogP contribution in [-0.4, -0.2) is 4.57 Å². The maximum Gasteiger partial charge on any atom is 0.0544 e. The van der Waals surface area contributed by atoms with E-state index in [0.717, 1.165) is 17.1 Å². The van der Waals surface area contributed by atoms with Gasteiger partial charge in [0, 0.05) is 38.9 Å². The summed E-state index contributed by atoms with van der Waals surface area (Å²) in [6, 6.07) is 58.1. The van der Waals surface area contributed by atoms with Crippen molar-refractivity contribution in [3.63, 3.8) is 0 Å². The second kappa shape index (κ2) is 11.1. The molecule has 0 N–H and O–H groups in total. The van der Waals surface area contributed by atoms with Gasteiger partial charge in [0.05, 0.1) is 11.0 Å². The minimum Gasteiger partial charge on any atom is -0.310 e. The van der Waals surface area contributed by atoms with E-state index in [2.05, 4.69) is 195 Å². The molecule has 49 heavy (non-hydrogen) atoms. The minimum absolute atomic E-state index is 0.0598. The quantitative estimate of drug-likeness (QED) is 0.184. The maximum absolute atomic E-state index is 2.46. The van der Waals surface area contributed by atoms with Gasteiger partial charge in [0.25, 0.3) is 0 Å². The molecule has 0 atom stereocenters. The second-order valence-corrected chi connectivity index (χ2v) is 14.0. The Balaban J connectivity index is 1.20. The van der Waals surface area contributed by atoms with Crippen LogP contribution in [0.25, 0.3) is 49.7 Å². The highest BCUT2D eigenvalue weighted by atomic mass is 15.1. The van der Waals surface area contributed by atoms with Crippen molar-refractivity contribution in [2.45, 2.75) is 33.1 Å². The molecule has 9 rings (SSSR count). The molecular weight excluding hydrogens is 593 g/mol.